The Kier molecular flexibility index (Phi) is 9.20. The van der Waals surface area contributed by atoms with Crippen LogP contribution in [0.5, 0.6) is 0 Å². The molecule has 1 atom stereocenters. The second-order valence-electron chi connectivity index (χ2n) is 12.0. The highest BCUT2D eigenvalue weighted by Gasteiger charge is 2.35. The second kappa shape index (κ2) is 14.1. The molecule has 5 aromatic carbocycles. The molecule has 0 unspecified atom stereocenters. The van der Waals surface area contributed by atoms with Crippen molar-refractivity contribution in [2.45, 2.75) is 17.9 Å². The molecule has 0 saturated carbocycles. The van der Waals surface area contributed by atoms with Gasteiger partial charge < -0.3 is 10.4 Å². The van der Waals surface area contributed by atoms with Crippen LogP contribution in [0.25, 0.3) is 28.0 Å². The molecule has 54 heavy (non-hydrogen) atoms. The molecule has 15 nitrogen and oxygen atoms in total. The average molecular weight is 742 g/mol. The summed E-state index contributed by atoms with van der Waals surface area (Å²) in [6.07, 6.45) is 0. The number of carbonyl (C=O) groups is 3. The molecule has 2 amide bonds. The predicted octanol–water partition coefficient (Wildman–Crippen LogP) is 6.12. The van der Waals surface area contributed by atoms with E-state index in [2.05, 4.69) is 20.6 Å². The van der Waals surface area contributed by atoms with Gasteiger partial charge in [0.05, 0.1) is 39.2 Å². The topological polar surface area (TPSA) is 213 Å². The first-order valence-electron chi connectivity index (χ1n) is 16.1. The van der Waals surface area contributed by atoms with Crippen molar-refractivity contribution >= 4 is 61.6 Å². The summed E-state index contributed by atoms with van der Waals surface area (Å²) in [5.74, 6) is -2.24. The highest BCUT2D eigenvalue weighted by Crippen LogP contribution is 2.28. The van der Waals surface area contributed by atoms with Crippen molar-refractivity contribution in [2.24, 2.45) is 15.3 Å². The molecule has 1 aromatic heterocycles. The molecule has 0 fully saturated rings. The van der Waals surface area contributed by atoms with Crippen LogP contribution < -0.4 is 15.9 Å². The maximum atomic E-state index is 13.7. The fourth-order valence-electron chi connectivity index (χ4n) is 5.77. The van der Waals surface area contributed by atoms with Crippen LogP contribution in [0, 0.1) is 0 Å². The van der Waals surface area contributed by atoms with Crippen LogP contribution in [-0.4, -0.2) is 57.2 Å². The van der Waals surface area contributed by atoms with Gasteiger partial charge in [-0.3, -0.25) is 23.5 Å². The van der Waals surface area contributed by atoms with Crippen LogP contribution in [0.15, 0.2) is 146 Å². The molecule has 0 saturated heterocycles. The number of aromatic carboxylic acids is 1. The van der Waals surface area contributed by atoms with Gasteiger partial charge in [0.1, 0.15) is 10.7 Å². The van der Waals surface area contributed by atoms with E-state index in [4.69, 9.17) is 4.98 Å². The van der Waals surface area contributed by atoms with Crippen molar-refractivity contribution in [3.8, 4) is 17.1 Å². The van der Waals surface area contributed by atoms with Crippen LogP contribution in [0.2, 0.25) is 0 Å². The Labute approximate surface area is 306 Å². The Balaban J connectivity index is 1.04. The molecule has 1 aliphatic rings. The number of rotatable bonds is 9. The summed E-state index contributed by atoms with van der Waals surface area (Å²) in [6.45, 7) is 1.52. The summed E-state index contributed by atoms with van der Waals surface area (Å²) in [6, 6.07) is 31.2. The summed E-state index contributed by atoms with van der Waals surface area (Å²) in [7, 11) is -4.84. The van der Waals surface area contributed by atoms with Crippen molar-refractivity contribution in [3.05, 3.63) is 143 Å². The zero-order valence-corrected chi connectivity index (χ0v) is 28.9. The Bertz CT molecular complexity index is 2710. The third-order valence-corrected chi connectivity index (χ3v) is 9.33. The Morgan fingerprint density at radius 1 is 0.833 bits per heavy atom. The van der Waals surface area contributed by atoms with E-state index in [1.807, 2.05) is 36.4 Å². The van der Waals surface area contributed by atoms with Gasteiger partial charge >= 0.3 is 5.97 Å². The third kappa shape index (κ3) is 6.89. The molecule has 0 aliphatic carbocycles. The Morgan fingerprint density at radius 2 is 1.50 bits per heavy atom. The Hall–Kier alpha value is -7.17. The quantitative estimate of drug-likeness (QED) is 0.115. The summed E-state index contributed by atoms with van der Waals surface area (Å²) < 4.78 is 34.1. The number of amides is 2. The van der Waals surface area contributed by atoms with Crippen molar-refractivity contribution in [1.29, 1.82) is 0 Å². The molecule has 6 aromatic rings. The van der Waals surface area contributed by atoms with Crippen molar-refractivity contribution in [1.82, 2.24) is 9.55 Å². The SMILES string of the molecule is CC1=NN(c2ccc(S(=O)(=O)O)c(C(=O)O)c2)C(=O)[C@@H]1N=Nc1ccc(C(=O)Nc2ccc(-n3c(-c4ccccc4)nc4ccccc4c3=O)cc2)cc1. The van der Waals surface area contributed by atoms with E-state index >= 15 is 0 Å². The number of carbonyl (C=O) groups excluding carboxylic acids is 2. The fourth-order valence-corrected chi connectivity index (χ4v) is 6.43. The highest BCUT2D eigenvalue weighted by molar-refractivity contribution is 7.86. The number of carboxylic acid groups (broad SMARTS) is 1. The number of anilines is 2. The number of para-hydroxylation sites is 1. The first kappa shape index (κ1) is 35.2. The Morgan fingerprint density at radius 3 is 2.19 bits per heavy atom. The average Bonchev–Trinajstić information content (AvgIpc) is 3.46. The first-order valence-corrected chi connectivity index (χ1v) is 17.6. The van der Waals surface area contributed by atoms with E-state index in [-0.39, 0.29) is 17.0 Å². The van der Waals surface area contributed by atoms with E-state index in [0.29, 0.717) is 39.4 Å². The van der Waals surface area contributed by atoms with Gasteiger partial charge in [-0.2, -0.15) is 28.8 Å². The lowest BCUT2D eigenvalue weighted by molar-refractivity contribution is -0.117. The number of aromatic nitrogens is 2. The smallest absolute Gasteiger partial charge is 0.337 e. The summed E-state index contributed by atoms with van der Waals surface area (Å²) in [4.78, 5) is 55.5. The molecule has 1 aliphatic heterocycles. The second-order valence-corrected chi connectivity index (χ2v) is 13.4. The zero-order chi connectivity index (χ0) is 38.1. The van der Waals surface area contributed by atoms with Gasteiger partial charge in [0, 0.05) is 16.8 Å². The summed E-state index contributed by atoms with van der Waals surface area (Å²) in [5.41, 5.74) is 2.24. The normalized spacial score (nSPS) is 14.4. The largest absolute Gasteiger partial charge is 0.478 e. The van der Waals surface area contributed by atoms with E-state index in [0.717, 1.165) is 28.8 Å². The van der Waals surface area contributed by atoms with Gasteiger partial charge in [0.25, 0.3) is 27.5 Å². The van der Waals surface area contributed by atoms with E-state index in [1.165, 1.54) is 31.2 Å². The molecule has 7 rings (SSSR count). The fraction of sp³-hybridized carbons (Fsp3) is 0.0526. The molecule has 2 heterocycles. The number of hydrogen-bond acceptors (Lipinski definition) is 10. The van der Waals surface area contributed by atoms with Gasteiger partial charge in [0.2, 0.25) is 0 Å². The highest BCUT2D eigenvalue weighted by atomic mass is 32.2. The lowest BCUT2D eigenvalue weighted by atomic mass is 10.1. The standard InChI is InChI=1S/C38H27N7O8S/c1-22-33(37(48)45(43-22)28-19-20-32(54(51,52)53)30(21-28)38(49)50)42-41-26-13-11-24(12-14-26)35(46)39-25-15-17-27(18-16-25)44-34(23-7-3-2-4-8-23)40-31-10-6-5-9-29(31)36(44)47/h2-21,33H,1H3,(H,39,46)(H,49,50)(H,51,52,53)/t33-/m1/s1. The van der Waals surface area contributed by atoms with Crippen LogP contribution in [0.3, 0.4) is 0 Å². The van der Waals surface area contributed by atoms with Gasteiger partial charge in [-0.05, 0) is 85.8 Å². The minimum Gasteiger partial charge on any atom is -0.478 e. The zero-order valence-electron chi connectivity index (χ0n) is 28.1. The molecule has 0 radical (unpaired) electrons. The molecule has 0 spiro atoms. The first-order chi connectivity index (χ1) is 25.9. The summed E-state index contributed by atoms with van der Waals surface area (Å²) >= 11 is 0. The number of fused-ring (bicyclic) bond motifs is 1. The van der Waals surface area contributed by atoms with Crippen LogP contribution in [-0.2, 0) is 14.9 Å². The van der Waals surface area contributed by atoms with Crippen molar-refractivity contribution in [3.63, 3.8) is 0 Å². The molecule has 16 heteroatoms. The number of carboxylic acids is 1. The number of azo groups is 1. The van der Waals surface area contributed by atoms with E-state index < -0.39 is 44.4 Å². The van der Waals surface area contributed by atoms with E-state index in [9.17, 15) is 37.3 Å². The molecular weight excluding hydrogens is 715 g/mol. The van der Waals surface area contributed by atoms with E-state index in [1.54, 1.807) is 47.0 Å². The number of hydrogen-bond donors (Lipinski definition) is 3. The van der Waals surface area contributed by atoms with Gasteiger partial charge in [-0.1, -0.05) is 42.5 Å². The maximum Gasteiger partial charge on any atom is 0.337 e. The van der Waals surface area contributed by atoms with Crippen LogP contribution in [0.1, 0.15) is 27.6 Å². The summed E-state index contributed by atoms with van der Waals surface area (Å²) in [5, 5.41) is 26.0. The third-order valence-electron chi connectivity index (χ3n) is 8.42. The molecular formula is C38H27N7O8S. The van der Waals surface area contributed by atoms with Crippen LogP contribution in [0.4, 0.5) is 17.1 Å². The molecule has 0 bridgehead atoms. The van der Waals surface area contributed by atoms with Crippen molar-refractivity contribution in [2.75, 3.05) is 10.3 Å². The van der Waals surface area contributed by atoms with Gasteiger partial charge in [-0.15, -0.1) is 0 Å². The van der Waals surface area contributed by atoms with Gasteiger partial charge in [-0.25, -0.2) is 9.78 Å². The minimum absolute atomic E-state index is 0.0524. The minimum atomic E-state index is -4.84. The lowest BCUT2D eigenvalue weighted by Gasteiger charge is -2.14. The molecule has 3 N–H and O–H groups in total. The number of nitrogens with one attached hydrogen (secondary N) is 1. The number of benzene rings is 5. The maximum absolute atomic E-state index is 13.7. The molecule has 268 valence electrons. The lowest BCUT2D eigenvalue weighted by Crippen LogP contribution is -2.30. The number of hydrazone groups is 1. The van der Waals surface area contributed by atoms with Crippen LogP contribution >= 0.6 is 0 Å². The predicted molar refractivity (Wildman–Crippen MR) is 199 cm³/mol. The monoisotopic (exact) mass is 741 g/mol. The number of nitrogens with zero attached hydrogens (tertiary/aromatic N) is 6. The van der Waals surface area contributed by atoms with Crippen molar-refractivity contribution < 1.29 is 32.5 Å². The van der Waals surface area contributed by atoms with Gasteiger partial charge in [0.15, 0.2) is 6.04 Å².